The number of nitrogens with zero attached hydrogens (tertiary/aromatic N) is 1. The van der Waals surface area contributed by atoms with Crippen molar-refractivity contribution < 1.29 is 0 Å². The highest BCUT2D eigenvalue weighted by Crippen LogP contribution is 2.37. The van der Waals surface area contributed by atoms with Gasteiger partial charge in [0.2, 0.25) is 0 Å². The molecule has 13 heavy (non-hydrogen) atoms. The zero-order chi connectivity index (χ0) is 9.90. The molecule has 1 heteroatoms. The van der Waals surface area contributed by atoms with Crippen LogP contribution in [0.2, 0.25) is 0 Å². The van der Waals surface area contributed by atoms with Crippen LogP contribution < -0.4 is 0 Å². The molecule has 2 unspecified atom stereocenters. The van der Waals surface area contributed by atoms with E-state index < -0.39 is 0 Å². The maximum atomic E-state index is 4.01. The van der Waals surface area contributed by atoms with Crippen molar-refractivity contribution in [1.29, 1.82) is 0 Å². The molecule has 0 saturated carbocycles. The fourth-order valence-electron chi connectivity index (χ4n) is 2.36. The minimum atomic E-state index is 0.421. The van der Waals surface area contributed by atoms with Gasteiger partial charge in [-0.2, -0.15) is 0 Å². The molecular formula is C12H23N. The Balaban J connectivity index is 2.55. The van der Waals surface area contributed by atoms with E-state index >= 15 is 0 Å². The van der Waals surface area contributed by atoms with Gasteiger partial charge in [0.15, 0.2) is 0 Å². The summed E-state index contributed by atoms with van der Waals surface area (Å²) >= 11 is 0. The second-order valence-electron chi connectivity index (χ2n) is 4.77. The molecule has 0 amide bonds. The summed E-state index contributed by atoms with van der Waals surface area (Å²) in [7, 11) is 2.21. The van der Waals surface area contributed by atoms with Crippen LogP contribution in [0.4, 0.5) is 0 Å². The van der Waals surface area contributed by atoms with E-state index in [1.54, 1.807) is 0 Å². The molecule has 0 aliphatic carbocycles. The zero-order valence-corrected chi connectivity index (χ0v) is 9.34. The topological polar surface area (TPSA) is 3.24 Å². The van der Waals surface area contributed by atoms with E-state index in [9.17, 15) is 0 Å². The van der Waals surface area contributed by atoms with Crippen LogP contribution in [0.25, 0.3) is 0 Å². The third-order valence-corrected chi connectivity index (χ3v) is 3.46. The third kappa shape index (κ3) is 2.57. The standard InChI is InChI=1S/C12H23N/c1-5-11(3)9-12(6-2)7-8-13(4)10-12/h6,11H,2,5,7-10H2,1,3-4H3. The second-order valence-corrected chi connectivity index (χ2v) is 4.77. The largest absolute Gasteiger partial charge is 0.305 e. The molecular weight excluding hydrogens is 158 g/mol. The van der Waals surface area contributed by atoms with Crippen LogP contribution in [0.1, 0.15) is 33.1 Å². The Kier molecular flexibility index (Phi) is 3.55. The number of hydrogen-bond acceptors (Lipinski definition) is 1. The van der Waals surface area contributed by atoms with Gasteiger partial charge in [-0.1, -0.05) is 26.3 Å². The van der Waals surface area contributed by atoms with E-state index in [4.69, 9.17) is 0 Å². The summed E-state index contributed by atoms with van der Waals surface area (Å²) in [5, 5.41) is 0. The van der Waals surface area contributed by atoms with E-state index in [1.807, 2.05) is 0 Å². The first-order valence-electron chi connectivity index (χ1n) is 5.44. The van der Waals surface area contributed by atoms with Gasteiger partial charge in [0, 0.05) is 12.0 Å². The monoisotopic (exact) mass is 181 g/mol. The van der Waals surface area contributed by atoms with Crippen LogP contribution in [-0.2, 0) is 0 Å². The molecule has 1 rings (SSSR count). The minimum absolute atomic E-state index is 0.421. The Labute approximate surface area is 82.8 Å². The smallest absolute Gasteiger partial charge is 0.00701 e. The van der Waals surface area contributed by atoms with Crippen molar-refractivity contribution in [2.75, 3.05) is 20.1 Å². The Bertz CT molecular complexity index is 176. The summed E-state index contributed by atoms with van der Waals surface area (Å²) in [6.07, 6.45) is 6.11. The van der Waals surface area contributed by atoms with Gasteiger partial charge >= 0.3 is 0 Å². The van der Waals surface area contributed by atoms with Gasteiger partial charge in [0.25, 0.3) is 0 Å². The average Bonchev–Trinajstić information content (AvgIpc) is 2.48. The molecule has 2 atom stereocenters. The van der Waals surface area contributed by atoms with E-state index in [1.165, 1.54) is 32.4 Å². The minimum Gasteiger partial charge on any atom is -0.305 e. The maximum Gasteiger partial charge on any atom is 0.00701 e. The summed E-state index contributed by atoms with van der Waals surface area (Å²) in [4.78, 5) is 2.42. The average molecular weight is 181 g/mol. The highest BCUT2D eigenvalue weighted by atomic mass is 15.1. The molecule has 1 aliphatic heterocycles. The highest BCUT2D eigenvalue weighted by molar-refractivity contribution is 5.01. The Morgan fingerprint density at radius 1 is 1.62 bits per heavy atom. The first-order valence-corrected chi connectivity index (χ1v) is 5.44. The summed E-state index contributed by atoms with van der Waals surface area (Å²) in [6, 6.07) is 0. The molecule has 0 N–H and O–H groups in total. The van der Waals surface area contributed by atoms with E-state index in [2.05, 4.69) is 38.5 Å². The van der Waals surface area contributed by atoms with Gasteiger partial charge in [0.1, 0.15) is 0 Å². The Morgan fingerprint density at radius 3 is 2.69 bits per heavy atom. The van der Waals surface area contributed by atoms with Gasteiger partial charge in [-0.25, -0.2) is 0 Å². The van der Waals surface area contributed by atoms with Gasteiger partial charge < -0.3 is 4.90 Å². The predicted octanol–water partition coefficient (Wildman–Crippen LogP) is 2.93. The lowest BCUT2D eigenvalue weighted by Gasteiger charge is -2.27. The Hall–Kier alpha value is -0.300. The molecule has 76 valence electrons. The van der Waals surface area contributed by atoms with Crippen LogP contribution in [0.3, 0.4) is 0 Å². The lowest BCUT2D eigenvalue weighted by Crippen LogP contribution is -2.24. The van der Waals surface area contributed by atoms with Crippen molar-refractivity contribution in [1.82, 2.24) is 4.90 Å². The first-order chi connectivity index (χ1) is 6.12. The third-order valence-electron chi connectivity index (χ3n) is 3.46. The molecule has 0 aromatic rings. The molecule has 0 spiro atoms. The van der Waals surface area contributed by atoms with Gasteiger partial charge in [-0.15, -0.1) is 6.58 Å². The van der Waals surface area contributed by atoms with Crippen molar-refractivity contribution >= 4 is 0 Å². The summed E-state index contributed by atoms with van der Waals surface area (Å²) in [6.45, 7) is 11.1. The summed E-state index contributed by atoms with van der Waals surface area (Å²) in [5.74, 6) is 0.837. The summed E-state index contributed by atoms with van der Waals surface area (Å²) < 4.78 is 0. The molecule has 1 heterocycles. The van der Waals surface area contributed by atoms with Crippen molar-refractivity contribution in [2.24, 2.45) is 11.3 Å². The van der Waals surface area contributed by atoms with Crippen molar-refractivity contribution in [2.45, 2.75) is 33.1 Å². The van der Waals surface area contributed by atoms with Crippen molar-refractivity contribution in [3.8, 4) is 0 Å². The fourth-order valence-corrected chi connectivity index (χ4v) is 2.36. The van der Waals surface area contributed by atoms with Gasteiger partial charge in [-0.05, 0) is 32.4 Å². The van der Waals surface area contributed by atoms with Crippen molar-refractivity contribution in [3.05, 3.63) is 12.7 Å². The fraction of sp³-hybridized carbons (Fsp3) is 0.833. The predicted molar refractivity (Wildman–Crippen MR) is 58.8 cm³/mol. The van der Waals surface area contributed by atoms with Crippen LogP contribution in [-0.4, -0.2) is 25.0 Å². The number of rotatable bonds is 4. The summed E-state index contributed by atoms with van der Waals surface area (Å²) in [5.41, 5.74) is 0.421. The molecule has 0 aromatic carbocycles. The first kappa shape index (κ1) is 10.8. The molecule has 0 aromatic heterocycles. The van der Waals surface area contributed by atoms with Gasteiger partial charge in [-0.3, -0.25) is 0 Å². The molecule has 0 radical (unpaired) electrons. The van der Waals surface area contributed by atoms with Gasteiger partial charge in [0.05, 0.1) is 0 Å². The lowest BCUT2D eigenvalue weighted by atomic mass is 9.78. The van der Waals surface area contributed by atoms with E-state index in [-0.39, 0.29) is 0 Å². The SMILES string of the molecule is C=CC1(CC(C)CC)CCN(C)C1. The van der Waals surface area contributed by atoms with E-state index in [0.29, 0.717) is 5.41 Å². The number of hydrogen-bond donors (Lipinski definition) is 0. The second kappa shape index (κ2) is 4.28. The Morgan fingerprint density at radius 2 is 2.31 bits per heavy atom. The molecule has 1 fully saturated rings. The molecule has 1 nitrogen and oxygen atoms in total. The van der Waals surface area contributed by atoms with E-state index in [0.717, 1.165) is 5.92 Å². The zero-order valence-electron chi connectivity index (χ0n) is 9.34. The highest BCUT2D eigenvalue weighted by Gasteiger charge is 2.34. The molecule has 0 bridgehead atoms. The lowest BCUT2D eigenvalue weighted by molar-refractivity contribution is 0.282. The molecule has 1 saturated heterocycles. The van der Waals surface area contributed by atoms with Crippen LogP contribution in [0, 0.1) is 11.3 Å². The van der Waals surface area contributed by atoms with Crippen LogP contribution in [0.15, 0.2) is 12.7 Å². The quantitative estimate of drug-likeness (QED) is 0.603. The normalized spacial score (nSPS) is 31.9. The number of likely N-dealkylation sites (tertiary alicyclic amines) is 1. The van der Waals surface area contributed by atoms with Crippen LogP contribution in [0.5, 0.6) is 0 Å². The molecule has 1 aliphatic rings. The maximum absolute atomic E-state index is 4.01. The van der Waals surface area contributed by atoms with Crippen molar-refractivity contribution in [3.63, 3.8) is 0 Å². The van der Waals surface area contributed by atoms with Crippen LogP contribution >= 0.6 is 0 Å².